The lowest BCUT2D eigenvalue weighted by atomic mass is 10.1. The molecule has 0 radical (unpaired) electrons. The zero-order valence-electron chi connectivity index (χ0n) is 17.7. The normalized spacial score (nSPS) is 22.3. The summed E-state index contributed by atoms with van der Waals surface area (Å²) in [6.45, 7) is 6.50. The first-order chi connectivity index (χ1) is 14.9. The van der Waals surface area contributed by atoms with Gasteiger partial charge in [0.15, 0.2) is 11.5 Å². The van der Waals surface area contributed by atoms with Crippen molar-refractivity contribution in [2.75, 3.05) is 12.3 Å². The Kier molecular flexibility index (Phi) is 6.67. The molecule has 2 aromatic heterocycles. The maximum Gasteiger partial charge on any atom is 0.318 e. The third-order valence-electron chi connectivity index (χ3n) is 4.99. The molecule has 0 saturated carbocycles. The Morgan fingerprint density at radius 2 is 2.10 bits per heavy atom. The summed E-state index contributed by atoms with van der Waals surface area (Å²) in [5, 5.41) is 3.54. The van der Waals surface area contributed by atoms with Gasteiger partial charge in [-0.25, -0.2) is 19.4 Å². The molecule has 1 saturated heterocycles. The number of hydrogen-bond acceptors (Lipinski definition) is 7. The van der Waals surface area contributed by atoms with Crippen LogP contribution in [0.3, 0.4) is 0 Å². The van der Waals surface area contributed by atoms with E-state index in [1.165, 1.54) is 12.5 Å². The molecule has 3 aromatic rings. The van der Waals surface area contributed by atoms with Crippen LogP contribution in [0.2, 0.25) is 0 Å². The minimum absolute atomic E-state index is 0.121. The molecule has 4 atom stereocenters. The summed E-state index contributed by atoms with van der Waals surface area (Å²) in [4.78, 5) is 8.10. The van der Waals surface area contributed by atoms with Gasteiger partial charge in [-0.1, -0.05) is 25.1 Å². The van der Waals surface area contributed by atoms with E-state index in [0.717, 1.165) is 12.2 Å². The highest BCUT2D eigenvalue weighted by atomic mass is 31.2. The fourth-order valence-corrected chi connectivity index (χ4v) is 4.87. The standard InChI is InChI=1S/C21H27FN5O3P/c1-13(2)26-31(30-15-7-5-4-6-8-15)28-11-16-9-14(3)21(29-16)27-10-17(22)18-19(23)24-12-25-20(18)27/h4-8,10,12-14,16,21,26H,9,11H2,1-3H3,(H2,23,24,25). The minimum Gasteiger partial charge on any atom is -0.436 e. The van der Waals surface area contributed by atoms with Crippen molar-refractivity contribution in [3.63, 3.8) is 0 Å². The van der Waals surface area contributed by atoms with E-state index in [0.29, 0.717) is 12.3 Å². The quantitative estimate of drug-likeness (QED) is 0.494. The van der Waals surface area contributed by atoms with Gasteiger partial charge in [0.05, 0.1) is 18.1 Å². The molecule has 31 heavy (non-hydrogen) atoms. The second-order valence-electron chi connectivity index (χ2n) is 7.94. The van der Waals surface area contributed by atoms with E-state index in [1.54, 1.807) is 4.57 Å². The number of rotatable bonds is 8. The van der Waals surface area contributed by atoms with Crippen LogP contribution in [0.5, 0.6) is 5.75 Å². The average Bonchev–Trinajstić information content (AvgIpc) is 3.27. The molecule has 0 aliphatic carbocycles. The summed E-state index contributed by atoms with van der Waals surface area (Å²) in [6, 6.07) is 9.76. The van der Waals surface area contributed by atoms with Gasteiger partial charge in [-0.15, -0.1) is 0 Å². The molecule has 1 aliphatic heterocycles. The van der Waals surface area contributed by atoms with E-state index in [1.807, 2.05) is 44.2 Å². The average molecular weight is 447 g/mol. The highest BCUT2D eigenvalue weighted by Crippen LogP contribution is 2.41. The van der Waals surface area contributed by atoms with Crippen molar-refractivity contribution in [3.05, 3.63) is 48.7 Å². The number of nitrogens with two attached hydrogens (primary N) is 1. The fourth-order valence-electron chi connectivity index (χ4n) is 3.65. The number of nitrogens with one attached hydrogen (secondary N) is 1. The fraction of sp³-hybridized carbons (Fsp3) is 0.429. The van der Waals surface area contributed by atoms with Crippen molar-refractivity contribution >= 4 is 25.4 Å². The Hall–Kier alpha value is -2.32. The molecule has 1 aliphatic rings. The van der Waals surface area contributed by atoms with Gasteiger partial charge in [-0.2, -0.15) is 0 Å². The van der Waals surface area contributed by atoms with Gasteiger partial charge in [0, 0.05) is 18.2 Å². The van der Waals surface area contributed by atoms with Gasteiger partial charge in [0.2, 0.25) is 0 Å². The molecule has 4 rings (SSSR count). The molecule has 0 amide bonds. The van der Waals surface area contributed by atoms with Crippen LogP contribution in [0.15, 0.2) is 42.9 Å². The van der Waals surface area contributed by atoms with Crippen LogP contribution in [0.1, 0.15) is 33.4 Å². The molecular weight excluding hydrogens is 420 g/mol. The van der Waals surface area contributed by atoms with Crippen LogP contribution >= 0.6 is 8.53 Å². The maximum atomic E-state index is 14.4. The third kappa shape index (κ3) is 4.96. The third-order valence-corrected chi connectivity index (χ3v) is 6.48. The highest BCUT2D eigenvalue weighted by molar-refractivity contribution is 7.45. The van der Waals surface area contributed by atoms with Crippen LogP contribution in [0.25, 0.3) is 11.0 Å². The summed E-state index contributed by atoms with van der Waals surface area (Å²) in [6.07, 6.45) is 2.96. The Labute approximate surface area is 181 Å². The highest BCUT2D eigenvalue weighted by Gasteiger charge is 2.36. The molecule has 0 spiro atoms. The molecule has 1 aromatic carbocycles. The number of fused-ring (bicyclic) bond motifs is 1. The number of anilines is 1. The molecule has 4 unspecified atom stereocenters. The summed E-state index contributed by atoms with van der Waals surface area (Å²) in [5.41, 5.74) is 6.26. The number of para-hydroxylation sites is 1. The Bertz CT molecular complexity index is 1020. The van der Waals surface area contributed by atoms with Crippen molar-refractivity contribution < 1.29 is 18.2 Å². The first-order valence-corrected chi connectivity index (χ1v) is 11.4. The van der Waals surface area contributed by atoms with Crippen LogP contribution in [-0.2, 0) is 9.26 Å². The SMILES string of the molecule is CC(C)NP(OCC1CC(C)C(n2cc(F)c3c(N)ncnc32)O1)Oc1ccccc1. The lowest BCUT2D eigenvalue weighted by molar-refractivity contribution is -0.0250. The zero-order valence-corrected chi connectivity index (χ0v) is 18.6. The molecular formula is C21H27FN5O3P. The van der Waals surface area contributed by atoms with Crippen LogP contribution in [0, 0.1) is 11.7 Å². The predicted molar refractivity (Wildman–Crippen MR) is 118 cm³/mol. The number of benzene rings is 1. The van der Waals surface area contributed by atoms with E-state index in [-0.39, 0.29) is 35.5 Å². The van der Waals surface area contributed by atoms with Crippen LogP contribution < -0.4 is 15.3 Å². The van der Waals surface area contributed by atoms with E-state index in [2.05, 4.69) is 22.0 Å². The predicted octanol–water partition coefficient (Wildman–Crippen LogP) is 4.40. The molecule has 10 heteroatoms. The first kappa shape index (κ1) is 21.9. The number of nitrogen functional groups attached to an aromatic ring is 1. The van der Waals surface area contributed by atoms with Gasteiger partial charge < -0.3 is 24.1 Å². The van der Waals surface area contributed by atoms with Crippen molar-refractivity contribution in [2.45, 2.75) is 45.6 Å². The van der Waals surface area contributed by atoms with E-state index >= 15 is 0 Å². The zero-order chi connectivity index (χ0) is 22.0. The second-order valence-corrected chi connectivity index (χ2v) is 9.16. The smallest absolute Gasteiger partial charge is 0.318 e. The van der Waals surface area contributed by atoms with E-state index in [4.69, 9.17) is 19.5 Å². The lowest BCUT2D eigenvalue weighted by Crippen LogP contribution is -2.23. The topological polar surface area (TPSA) is 96.5 Å². The Balaban J connectivity index is 1.43. The Morgan fingerprint density at radius 1 is 1.32 bits per heavy atom. The summed E-state index contributed by atoms with van der Waals surface area (Å²) in [7, 11) is -1.34. The minimum atomic E-state index is -1.34. The molecule has 1 fully saturated rings. The monoisotopic (exact) mass is 447 g/mol. The van der Waals surface area contributed by atoms with Gasteiger partial charge in [-0.05, 0) is 32.4 Å². The van der Waals surface area contributed by atoms with Gasteiger partial charge >= 0.3 is 8.53 Å². The molecule has 8 nitrogen and oxygen atoms in total. The van der Waals surface area contributed by atoms with Gasteiger partial charge in [-0.3, -0.25) is 0 Å². The molecule has 3 heterocycles. The molecule has 0 bridgehead atoms. The molecule has 166 valence electrons. The summed E-state index contributed by atoms with van der Waals surface area (Å²) >= 11 is 0. The van der Waals surface area contributed by atoms with Gasteiger partial charge in [0.1, 0.15) is 24.1 Å². The maximum absolute atomic E-state index is 14.4. The number of halogens is 1. The number of nitrogens with zero attached hydrogens (tertiary/aromatic N) is 3. The first-order valence-electron chi connectivity index (χ1n) is 10.3. The number of aromatic nitrogens is 3. The van der Waals surface area contributed by atoms with Crippen molar-refractivity contribution in [3.8, 4) is 5.75 Å². The van der Waals surface area contributed by atoms with Crippen LogP contribution in [-0.4, -0.2) is 33.3 Å². The van der Waals surface area contributed by atoms with E-state index in [9.17, 15) is 4.39 Å². The number of ether oxygens (including phenoxy) is 1. The second kappa shape index (κ2) is 9.44. The van der Waals surface area contributed by atoms with Crippen LogP contribution in [0.4, 0.5) is 10.2 Å². The van der Waals surface area contributed by atoms with Crippen molar-refractivity contribution in [1.29, 1.82) is 0 Å². The van der Waals surface area contributed by atoms with Crippen molar-refractivity contribution in [1.82, 2.24) is 19.6 Å². The summed E-state index contributed by atoms with van der Waals surface area (Å²) in [5.74, 6) is 0.547. The van der Waals surface area contributed by atoms with Crippen molar-refractivity contribution in [2.24, 2.45) is 5.92 Å². The van der Waals surface area contributed by atoms with Gasteiger partial charge in [0.25, 0.3) is 0 Å². The van der Waals surface area contributed by atoms with E-state index < -0.39 is 14.3 Å². The lowest BCUT2D eigenvalue weighted by Gasteiger charge is -2.22. The molecule has 3 N–H and O–H groups in total. The summed E-state index contributed by atoms with van der Waals surface area (Å²) < 4.78 is 34.4. The number of hydrogen-bond donors (Lipinski definition) is 2. The Morgan fingerprint density at radius 3 is 2.84 bits per heavy atom. The largest absolute Gasteiger partial charge is 0.436 e.